The summed E-state index contributed by atoms with van der Waals surface area (Å²) >= 11 is 0. The van der Waals surface area contributed by atoms with Crippen LogP contribution in [0.25, 0.3) is 0 Å². The van der Waals surface area contributed by atoms with E-state index in [1.54, 1.807) is 6.92 Å². The molecule has 1 heterocycles. The maximum absolute atomic E-state index is 13.7. The molecule has 2 N–H and O–H groups in total. The second kappa shape index (κ2) is 11.4. The van der Waals surface area contributed by atoms with Crippen molar-refractivity contribution in [1.29, 1.82) is 0 Å². The van der Waals surface area contributed by atoms with Gasteiger partial charge in [0, 0.05) is 25.2 Å². The Morgan fingerprint density at radius 3 is 2.05 bits per heavy atom. The first-order chi connectivity index (χ1) is 19.7. The SMILES string of the molecule is CCN(CC1CCCC1)c1cc2c(cc1CC(C)(Cc1cc(C(F)(F)F)cc(C(F)(F)F)c1)n1nnc(N)n1)CCC2. The van der Waals surface area contributed by atoms with Gasteiger partial charge in [0.25, 0.3) is 5.95 Å². The van der Waals surface area contributed by atoms with E-state index in [1.807, 2.05) is 0 Å². The molecule has 12 heteroatoms. The standard InChI is InChI=1S/C30H36F6N6/c1-3-41(18-19-7-4-5-8-19)26-14-22-10-6-9-21(22)13-23(26)17-28(2,42-39-27(37)38-40-42)16-20-11-24(29(31,32)33)15-25(12-20)30(34,35)36/h11-15,19H,3-10,16-18H2,1-2H3,(H2,37,39). The molecule has 2 aliphatic rings. The van der Waals surface area contributed by atoms with Crippen LogP contribution in [0.1, 0.15) is 79.3 Å². The number of aromatic nitrogens is 4. The number of nitrogen functional groups attached to an aromatic ring is 1. The van der Waals surface area contributed by atoms with Gasteiger partial charge in [0.1, 0.15) is 0 Å². The molecule has 6 nitrogen and oxygen atoms in total. The fraction of sp³-hybridized carbons (Fsp3) is 0.567. The van der Waals surface area contributed by atoms with Crippen LogP contribution in [0.4, 0.5) is 38.0 Å². The van der Waals surface area contributed by atoms with Gasteiger partial charge in [-0.1, -0.05) is 24.0 Å². The summed E-state index contributed by atoms with van der Waals surface area (Å²) in [6, 6.07) is 6.07. The highest BCUT2D eigenvalue weighted by Crippen LogP contribution is 2.40. The van der Waals surface area contributed by atoms with Crippen molar-refractivity contribution in [2.24, 2.45) is 5.92 Å². The summed E-state index contributed by atoms with van der Waals surface area (Å²) in [5.41, 5.74) is 6.28. The summed E-state index contributed by atoms with van der Waals surface area (Å²) in [6.45, 7) is 5.50. The maximum Gasteiger partial charge on any atom is 0.416 e. The highest BCUT2D eigenvalue weighted by molar-refractivity contribution is 5.59. The number of nitrogens with zero attached hydrogens (tertiary/aromatic N) is 5. The second-order valence-electron chi connectivity index (χ2n) is 12.0. The number of hydrogen-bond donors (Lipinski definition) is 1. The van der Waals surface area contributed by atoms with E-state index in [2.05, 4.69) is 39.4 Å². The van der Waals surface area contributed by atoms with Crippen molar-refractivity contribution in [2.75, 3.05) is 23.7 Å². The van der Waals surface area contributed by atoms with Gasteiger partial charge in [0.15, 0.2) is 0 Å². The molecule has 3 aromatic rings. The molecular formula is C30H36F6N6. The van der Waals surface area contributed by atoms with Crippen molar-refractivity contribution < 1.29 is 26.3 Å². The number of halogens is 6. The Morgan fingerprint density at radius 1 is 0.881 bits per heavy atom. The van der Waals surface area contributed by atoms with Crippen LogP contribution in [0.3, 0.4) is 0 Å². The number of nitrogens with two attached hydrogens (primary N) is 1. The predicted octanol–water partition coefficient (Wildman–Crippen LogP) is 7.00. The van der Waals surface area contributed by atoms with Gasteiger partial charge in [-0.2, -0.15) is 31.1 Å². The van der Waals surface area contributed by atoms with Crippen LogP contribution in [0.5, 0.6) is 0 Å². The quantitative estimate of drug-likeness (QED) is 0.270. The van der Waals surface area contributed by atoms with Crippen molar-refractivity contribution in [1.82, 2.24) is 20.2 Å². The average molecular weight is 595 g/mol. The Morgan fingerprint density at radius 2 is 1.50 bits per heavy atom. The van der Waals surface area contributed by atoms with Crippen LogP contribution in [0.15, 0.2) is 30.3 Å². The summed E-state index contributed by atoms with van der Waals surface area (Å²) in [4.78, 5) is 3.60. The van der Waals surface area contributed by atoms with Gasteiger partial charge in [-0.15, -0.1) is 5.10 Å². The highest BCUT2D eigenvalue weighted by Gasteiger charge is 2.39. The third-order valence-electron chi connectivity index (χ3n) is 8.68. The van der Waals surface area contributed by atoms with E-state index in [0.29, 0.717) is 5.92 Å². The normalized spacial score (nSPS) is 17.4. The fourth-order valence-corrected chi connectivity index (χ4v) is 6.63. The van der Waals surface area contributed by atoms with Crippen molar-refractivity contribution in [3.63, 3.8) is 0 Å². The average Bonchev–Trinajstić information content (AvgIpc) is 3.68. The lowest BCUT2D eigenvalue weighted by Crippen LogP contribution is -2.38. The van der Waals surface area contributed by atoms with Crippen molar-refractivity contribution in [3.05, 3.63) is 63.7 Å². The molecule has 0 amide bonds. The largest absolute Gasteiger partial charge is 0.416 e. The zero-order chi connectivity index (χ0) is 30.3. The third kappa shape index (κ3) is 6.52. The van der Waals surface area contributed by atoms with Crippen LogP contribution >= 0.6 is 0 Å². The van der Waals surface area contributed by atoms with Gasteiger partial charge in [0.2, 0.25) is 0 Å². The van der Waals surface area contributed by atoms with Crippen LogP contribution in [0, 0.1) is 5.92 Å². The molecule has 5 rings (SSSR count). The zero-order valence-corrected chi connectivity index (χ0v) is 23.8. The minimum atomic E-state index is -4.95. The predicted molar refractivity (Wildman–Crippen MR) is 148 cm³/mol. The van der Waals surface area contributed by atoms with E-state index in [0.717, 1.165) is 55.7 Å². The number of rotatable bonds is 9. The number of tetrazole rings is 1. The van der Waals surface area contributed by atoms with Gasteiger partial charge in [-0.05, 0) is 110 Å². The minimum Gasteiger partial charge on any atom is -0.371 e. The van der Waals surface area contributed by atoms with E-state index in [9.17, 15) is 26.3 Å². The van der Waals surface area contributed by atoms with Gasteiger partial charge < -0.3 is 10.6 Å². The zero-order valence-electron chi connectivity index (χ0n) is 23.8. The first-order valence-corrected chi connectivity index (χ1v) is 14.5. The minimum absolute atomic E-state index is 0.128. The molecule has 0 saturated heterocycles. The summed E-state index contributed by atoms with van der Waals surface area (Å²) in [5, 5.41) is 12.0. The molecule has 1 atom stereocenters. The van der Waals surface area contributed by atoms with Gasteiger partial charge in [0.05, 0.1) is 16.7 Å². The first kappa shape index (κ1) is 30.2. The molecule has 1 aromatic heterocycles. The molecule has 2 aromatic carbocycles. The maximum atomic E-state index is 13.7. The molecule has 0 bridgehead atoms. The van der Waals surface area contributed by atoms with E-state index in [1.165, 1.54) is 41.6 Å². The molecule has 1 unspecified atom stereocenters. The van der Waals surface area contributed by atoms with Crippen molar-refractivity contribution in [3.8, 4) is 0 Å². The number of alkyl halides is 6. The summed E-state index contributed by atoms with van der Waals surface area (Å²) in [5.74, 6) is 0.451. The van der Waals surface area contributed by atoms with Crippen LogP contribution in [0.2, 0.25) is 0 Å². The summed E-state index contributed by atoms with van der Waals surface area (Å²) in [7, 11) is 0. The van der Waals surface area contributed by atoms with Gasteiger partial charge in [-0.3, -0.25) is 0 Å². The highest BCUT2D eigenvalue weighted by atomic mass is 19.4. The van der Waals surface area contributed by atoms with Gasteiger partial charge in [-0.25, -0.2) is 0 Å². The monoisotopic (exact) mass is 594 g/mol. The Bertz CT molecular complexity index is 1380. The van der Waals surface area contributed by atoms with Crippen LogP contribution < -0.4 is 10.6 Å². The molecule has 0 spiro atoms. The number of hydrogen-bond acceptors (Lipinski definition) is 5. The smallest absolute Gasteiger partial charge is 0.371 e. The van der Waals surface area contributed by atoms with E-state index in [4.69, 9.17) is 5.73 Å². The lowest BCUT2D eigenvalue weighted by molar-refractivity contribution is -0.143. The van der Waals surface area contributed by atoms with Gasteiger partial charge >= 0.3 is 12.4 Å². The molecule has 42 heavy (non-hydrogen) atoms. The molecule has 2 aliphatic carbocycles. The molecule has 228 valence electrons. The Labute approximate surface area is 241 Å². The van der Waals surface area contributed by atoms with Crippen LogP contribution in [-0.4, -0.2) is 33.3 Å². The Balaban J connectivity index is 1.59. The molecular weight excluding hydrogens is 558 g/mol. The topological polar surface area (TPSA) is 72.9 Å². The molecule has 0 aliphatic heterocycles. The second-order valence-corrected chi connectivity index (χ2v) is 12.0. The molecule has 1 fully saturated rings. The Kier molecular flexibility index (Phi) is 8.19. The lowest BCUT2D eigenvalue weighted by atomic mass is 9.84. The molecule has 1 saturated carbocycles. The third-order valence-corrected chi connectivity index (χ3v) is 8.68. The number of aryl methyl sites for hydroxylation is 2. The Hall–Kier alpha value is -3.31. The van der Waals surface area contributed by atoms with E-state index < -0.39 is 29.0 Å². The van der Waals surface area contributed by atoms with E-state index in [-0.39, 0.29) is 30.4 Å². The molecule has 0 radical (unpaired) electrons. The number of benzene rings is 2. The lowest BCUT2D eigenvalue weighted by Gasteiger charge is -2.34. The summed E-state index contributed by atoms with van der Waals surface area (Å²) < 4.78 is 82.1. The number of anilines is 2. The van der Waals surface area contributed by atoms with E-state index >= 15 is 0 Å². The summed E-state index contributed by atoms with van der Waals surface area (Å²) in [6.07, 6.45) is -2.13. The van der Waals surface area contributed by atoms with Crippen molar-refractivity contribution >= 4 is 11.6 Å². The van der Waals surface area contributed by atoms with Crippen molar-refractivity contribution in [2.45, 2.75) is 89.5 Å². The fourth-order valence-electron chi connectivity index (χ4n) is 6.63. The van der Waals surface area contributed by atoms with Crippen LogP contribution in [-0.2, 0) is 43.6 Å². The first-order valence-electron chi connectivity index (χ1n) is 14.5. The number of fused-ring (bicyclic) bond motifs is 1.